The minimum Gasteiger partial charge on any atom is -0.337 e. The van der Waals surface area contributed by atoms with Gasteiger partial charge in [0.05, 0.1) is 0 Å². The van der Waals surface area contributed by atoms with Gasteiger partial charge in [-0.05, 0) is 28.9 Å². The van der Waals surface area contributed by atoms with Crippen molar-refractivity contribution in [2.24, 2.45) is 0 Å². The Bertz CT molecular complexity index is 532. The normalized spacial score (nSPS) is 23.4. The molecule has 1 fully saturated rings. The summed E-state index contributed by atoms with van der Waals surface area (Å²) in [5, 5.41) is 0.442. The lowest BCUT2D eigenvalue weighted by atomic mass is 10.2. The van der Waals surface area contributed by atoms with Crippen molar-refractivity contribution in [2.45, 2.75) is 31.7 Å². The van der Waals surface area contributed by atoms with Crippen molar-refractivity contribution in [3.8, 4) is 0 Å². The van der Waals surface area contributed by atoms with Crippen LogP contribution in [0.5, 0.6) is 0 Å². The van der Waals surface area contributed by atoms with Crippen LogP contribution in [0.25, 0.3) is 0 Å². The van der Waals surface area contributed by atoms with E-state index in [0.717, 1.165) is 16.8 Å². The van der Waals surface area contributed by atoms with Crippen molar-refractivity contribution in [2.75, 3.05) is 12.3 Å². The average molecular weight is 345 g/mol. The van der Waals surface area contributed by atoms with E-state index in [9.17, 15) is 9.59 Å². The van der Waals surface area contributed by atoms with Gasteiger partial charge in [0.1, 0.15) is 6.54 Å². The van der Waals surface area contributed by atoms with E-state index in [-0.39, 0.29) is 24.1 Å². The lowest BCUT2D eigenvalue weighted by molar-refractivity contribution is -0.133. The van der Waals surface area contributed by atoms with Gasteiger partial charge in [-0.3, -0.25) is 9.59 Å². The average Bonchev–Trinajstić information content (AvgIpc) is 2.37. The molecule has 0 bridgehead atoms. The summed E-state index contributed by atoms with van der Waals surface area (Å²) >= 11 is 5.21. The lowest BCUT2D eigenvalue weighted by Crippen LogP contribution is -2.49. The predicted molar refractivity (Wildman–Crippen MR) is 81.5 cm³/mol. The number of carbonyl (C=O) groups excluding carboxylic acids is 1. The molecule has 0 N–H and O–H groups in total. The van der Waals surface area contributed by atoms with Gasteiger partial charge in [-0.15, -0.1) is 0 Å². The van der Waals surface area contributed by atoms with E-state index in [1.165, 1.54) is 10.6 Å². The first kappa shape index (κ1) is 14.7. The largest absolute Gasteiger partial charge is 0.337 e. The van der Waals surface area contributed by atoms with Gasteiger partial charge in [0.2, 0.25) is 5.91 Å². The van der Waals surface area contributed by atoms with Crippen LogP contribution < -0.4 is 5.56 Å². The number of carbonyl (C=O) groups is 1. The van der Waals surface area contributed by atoms with E-state index >= 15 is 0 Å². The molecule has 0 aliphatic carbocycles. The monoisotopic (exact) mass is 344 g/mol. The van der Waals surface area contributed by atoms with E-state index in [1.54, 1.807) is 12.3 Å². The van der Waals surface area contributed by atoms with Gasteiger partial charge in [-0.25, -0.2) is 0 Å². The van der Waals surface area contributed by atoms with Gasteiger partial charge in [0.15, 0.2) is 0 Å². The molecule has 2 heterocycles. The Labute approximate surface area is 125 Å². The first-order valence-corrected chi connectivity index (χ1v) is 8.10. The quantitative estimate of drug-likeness (QED) is 0.823. The minimum absolute atomic E-state index is 0.0138. The van der Waals surface area contributed by atoms with Gasteiger partial charge in [0, 0.05) is 40.3 Å². The Morgan fingerprint density at radius 1 is 1.47 bits per heavy atom. The summed E-state index contributed by atoms with van der Waals surface area (Å²) in [6.45, 7) is 5.08. The van der Waals surface area contributed by atoms with Crippen molar-refractivity contribution < 1.29 is 4.79 Å². The van der Waals surface area contributed by atoms with Crippen LogP contribution in [0.15, 0.2) is 27.6 Å². The third-order valence-corrected chi connectivity index (χ3v) is 5.26. The van der Waals surface area contributed by atoms with E-state index in [2.05, 4.69) is 29.8 Å². The van der Waals surface area contributed by atoms with Gasteiger partial charge in [-0.2, -0.15) is 11.8 Å². The fraction of sp³-hybridized carbons (Fsp3) is 0.538. The van der Waals surface area contributed by atoms with Crippen LogP contribution in [0.1, 0.15) is 13.8 Å². The van der Waals surface area contributed by atoms with Gasteiger partial charge >= 0.3 is 0 Å². The van der Waals surface area contributed by atoms with Crippen LogP contribution in [0, 0.1) is 0 Å². The molecule has 1 aromatic rings. The number of pyridine rings is 1. The maximum Gasteiger partial charge on any atom is 0.251 e. The highest BCUT2D eigenvalue weighted by Crippen LogP contribution is 2.24. The molecular formula is C13H17BrN2O2S. The highest BCUT2D eigenvalue weighted by molar-refractivity contribution is 9.10. The molecule has 1 aliphatic heterocycles. The van der Waals surface area contributed by atoms with E-state index < -0.39 is 0 Å². The fourth-order valence-electron chi connectivity index (χ4n) is 2.15. The van der Waals surface area contributed by atoms with Crippen LogP contribution in [0.2, 0.25) is 0 Å². The van der Waals surface area contributed by atoms with Gasteiger partial charge < -0.3 is 9.47 Å². The molecule has 4 nitrogen and oxygen atoms in total. The van der Waals surface area contributed by atoms with Crippen LogP contribution in [0.3, 0.4) is 0 Å². The second-order valence-electron chi connectivity index (χ2n) is 4.72. The number of thioether (sulfide) groups is 1. The van der Waals surface area contributed by atoms with Crippen molar-refractivity contribution in [3.63, 3.8) is 0 Å². The second kappa shape index (κ2) is 6.13. The molecule has 0 radical (unpaired) electrons. The maximum absolute atomic E-state index is 12.3. The van der Waals surface area contributed by atoms with Crippen LogP contribution in [-0.4, -0.2) is 39.0 Å². The molecule has 0 aromatic carbocycles. The third-order valence-electron chi connectivity index (χ3n) is 3.46. The number of halogens is 1. The Kier molecular flexibility index (Phi) is 4.73. The summed E-state index contributed by atoms with van der Waals surface area (Å²) < 4.78 is 2.25. The number of rotatable bonds is 2. The van der Waals surface area contributed by atoms with Gasteiger partial charge in [0.25, 0.3) is 5.56 Å². The third kappa shape index (κ3) is 3.42. The molecule has 2 atom stereocenters. The summed E-state index contributed by atoms with van der Waals surface area (Å²) in [5.41, 5.74) is -0.149. The number of hydrogen-bond acceptors (Lipinski definition) is 3. The Balaban J connectivity index is 2.12. The van der Waals surface area contributed by atoms with Crippen molar-refractivity contribution in [3.05, 3.63) is 33.2 Å². The second-order valence-corrected chi connectivity index (χ2v) is 7.12. The first-order valence-electron chi connectivity index (χ1n) is 6.26. The molecule has 2 rings (SSSR count). The van der Waals surface area contributed by atoms with Crippen LogP contribution >= 0.6 is 27.7 Å². The summed E-state index contributed by atoms with van der Waals surface area (Å²) in [6, 6.07) is 3.37. The highest BCUT2D eigenvalue weighted by atomic mass is 79.9. The van der Waals surface area contributed by atoms with Crippen molar-refractivity contribution in [1.82, 2.24) is 9.47 Å². The fourth-order valence-corrected chi connectivity index (χ4v) is 3.63. The van der Waals surface area contributed by atoms with Crippen molar-refractivity contribution in [1.29, 1.82) is 0 Å². The Hall–Kier alpha value is -0.750. The topological polar surface area (TPSA) is 42.3 Å². The maximum atomic E-state index is 12.3. The number of hydrogen-bond donors (Lipinski definition) is 0. The summed E-state index contributed by atoms with van der Waals surface area (Å²) in [6.07, 6.45) is 1.66. The molecule has 0 spiro atoms. The predicted octanol–water partition coefficient (Wildman–Crippen LogP) is 1.96. The zero-order valence-electron chi connectivity index (χ0n) is 11.0. The summed E-state index contributed by atoms with van der Waals surface area (Å²) in [5.74, 6) is 0.977. The van der Waals surface area contributed by atoms with Crippen molar-refractivity contribution >= 4 is 33.6 Å². The molecule has 6 heteroatoms. The number of nitrogens with zero attached hydrogens (tertiary/aromatic N) is 2. The van der Waals surface area contributed by atoms with E-state index in [4.69, 9.17) is 0 Å². The van der Waals surface area contributed by atoms with Crippen LogP contribution in [-0.2, 0) is 11.3 Å². The molecule has 1 saturated heterocycles. The first-order chi connectivity index (χ1) is 8.99. The Morgan fingerprint density at radius 3 is 2.95 bits per heavy atom. The minimum atomic E-state index is -0.149. The molecule has 0 unspecified atom stereocenters. The smallest absolute Gasteiger partial charge is 0.251 e. The zero-order valence-corrected chi connectivity index (χ0v) is 13.4. The molecule has 19 heavy (non-hydrogen) atoms. The molecule has 104 valence electrons. The van der Waals surface area contributed by atoms with Gasteiger partial charge in [-0.1, -0.05) is 6.92 Å². The molecular weight excluding hydrogens is 328 g/mol. The SMILES string of the molecule is C[C@@H]1SCCN(C(=O)Cn2cc(Br)ccc2=O)[C@@H]1C. The number of amides is 1. The highest BCUT2D eigenvalue weighted by Gasteiger charge is 2.28. The van der Waals surface area contributed by atoms with E-state index in [0.29, 0.717) is 5.25 Å². The lowest BCUT2D eigenvalue weighted by Gasteiger charge is -2.37. The Morgan fingerprint density at radius 2 is 2.21 bits per heavy atom. The summed E-state index contributed by atoms with van der Waals surface area (Å²) in [4.78, 5) is 25.9. The molecule has 0 saturated carbocycles. The standard InChI is InChI=1S/C13H17BrN2O2S/c1-9-10(2)19-6-5-16(9)13(18)8-15-7-11(14)3-4-12(15)17/h3-4,7,9-10H,5-6,8H2,1-2H3/t9-,10+/m1/s1. The molecule has 1 aromatic heterocycles. The van der Waals surface area contributed by atoms with E-state index in [1.807, 2.05) is 16.7 Å². The zero-order chi connectivity index (χ0) is 14.0. The number of aromatic nitrogens is 1. The summed E-state index contributed by atoms with van der Waals surface area (Å²) in [7, 11) is 0. The van der Waals surface area contributed by atoms with Crippen LogP contribution in [0.4, 0.5) is 0 Å². The molecule has 1 amide bonds. The molecule has 1 aliphatic rings.